The van der Waals surface area contributed by atoms with Crippen molar-refractivity contribution in [2.24, 2.45) is 5.92 Å². The van der Waals surface area contributed by atoms with Crippen LogP contribution in [0.1, 0.15) is 37.8 Å². The lowest BCUT2D eigenvalue weighted by molar-refractivity contribution is 0.600. The first-order valence-electron chi connectivity index (χ1n) is 8.66. The van der Waals surface area contributed by atoms with Crippen LogP contribution in [0.15, 0.2) is 35.2 Å². The van der Waals surface area contributed by atoms with Crippen LogP contribution in [0, 0.1) is 5.92 Å². The standard InChI is InChI=1S/C18H24N4O2S/c1-13(2)12-19-17-9-10-18(21-20-17)22-25(23,24)16-8-7-14-5-3-4-6-15(14)11-16/h7-11,13H,3-6,12H2,1-2H3,(H,19,20)(H,21,22). The van der Waals surface area contributed by atoms with Gasteiger partial charge < -0.3 is 5.32 Å². The highest BCUT2D eigenvalue weighted by atomic mass is 32.2. The summed E-state index contributed by atoms with van der Waals surface area (Å²) in [7, 11) is -3.66. The molecule has 0 radical (unpaired) electrons. The Morgan fingerprint density at radius 3 is 2.36 bits per heavy atom. The van der Waals surface area contributed by atoms with Crippen LogP contribution in [-0.4, -0.2) is 25.2 Å². The number of sulfonamides is 1. The summed E-state index contributed by atoms with van der Waals surface area (Å²) in [4.78, 5) is 0.275. The number of hydrogen-bond donors (Lipinski definition) is 2. The summed E-state index contributed by atoms with van der Waals surface area (Å²) in [5.74, 6) is 1.34. The Morgan fingerprint density at radius 1 is 1.00 bits per heavy atom. The Hall–Kier alpha value is -2.15. The number of nitrogens with one attached hydrogen (secondary N) is 2. The molecule has 0 saturated carbocycles. The predicted octanol–water partition coefficient (Wildman–Crippen LogP) is 3.22. The highest BCUT2D eigenvalue weighted by molar-refractivity contribution is 7.92. The molecule has 2 aromatic rings. The molecule has 134 valence electrons. The van der Waals surface area contributed by atoms with Crippen molar-refractivity contribution in [2.45, 2.75) is 44.4 Å². The maximum absolute atomic E-state index is 12.6. The molecule has 2 N–H and O–H groups in total. The van der Waals surface area contributed by atoms with Gasteiger partial charge in [0.05, 0.1) is 4.90 Å². The fraction of sp³-hybridized carbons (Fsp3) is 0.444. The number of benzene rings is 1. The minimum atomic E-state index is -3.66. The van der Waals surface area contributed by atoms with Gasteiger partial charge >= 0.3 is 0 Å². The second kappa shape index (κ2) is 7.39. The topological polar surface area (TPSA) is 84.0 Å². The van der Waals surface area contributed by atoms with Crippen molar-refractivity contribution >= 4 is 21.7 Å². The van der Waals surface area contributed by atoms with E-state index in [2.05, 4.69) is 34.1 Å². The average molecular weight is 360 g/mol. The molecule has 0 saturated heterocycles. The van der Waals surface area contributed by atoms with Crippen molar-refractivity contribution in [2.75, 3.05) is 16.6 Å². The van der Waals surface area contributed by atoms with Gasteiger partial charge in [-0.05, 0) is 67.0 Å². The third-order valence-corrected chi connectivity index (χ3v) is 5.58. The van der Waals surface area contributed by atoms with Crippen LogP contribution in [0.5, 0.6) is 0 Å². The Kier molecular flexibility index (Phi) is 5.22. The molecule has 0 bridgehead atoms. The lowest BCUT2D eigenvalue weighted by atomic mass is 9.92. The van der Waals surface area contributed by atoms with Gasteiger partial charge in [0.25, 0.3) is 10.0 Å². The second-order valence-electron chi connectivity index (χ2n) is 6.82. The van der Waals surface area contributed by atoms with Gasteiger partial charge in [-0.3, -0.25) is 4.72 Å². The monoisotopic (exact) mass is 360 g/mol. The van der Waals surface area contributed by atoms with E-state index in [9.17, 15) is 8.42 Å². The highest BCUT2D eigenvalue weighted by Gasteiger charge is 2.18. The van der Waals surface area contributed by atoms with Crippen LogP contribution in [0.2, 0.25) is 0 Å². The summed E-state index contributed by atoms with van der Waals surface area (Å²) >= 11 is 0. The zero-order valence-corrected chi connectivity index (χ0v) is 15.4. The van der Waals surface area contributed by atoms with Crippen molar-refractivity contribution in [3.05, 3.63) is 41.5 Å². The summed E-state index contributed by atoms with van der Waals surface area (Å²) in [5.41, 5.74) is 2.39. The van der Waals surface area contributed by atoms with E-state index in [-0.39, 0.29) is 10.7 Å². The number of rotatable bonds is 6. The van der Waals surface area contributed by atoms with E-state index in [0.717, 1.165) is 31.4 Å². The summed E-state index contributed by atoms with van der Waals surface area (Å²) in [6.07, 6.45) is 4.25. The van der Waals surface area contributed by atoms with E-state index >= 15 is 0 Å². The molecule has 0 spiro atoms. The molecule has 1 aromatic heterocycles. The smallest absolute Gasteiger partial charge is 0.263 e. The van der Waals surface area contributed by atoms with E-state index < -0.39 is 10.0 Å². The number of aromatic nitrogens is 2. The quantitative estimate of drug-likeness (QED) is 0.826. The van der Waals surface area contributed by atoms with Crippen molar-refractivity contribution in [3.8, 4) is 0 Å². The maximum atomic E-state index is 12.6. The average Bonchev–Trinajstić information content (AvgIpc) is 2.60. The normalized spacial score (nSPS) is 14.2. The van der Waals surface area contributed by atoms with Crippen LogP contribution in [-0.2, 0) is 22.9 Å². The fourth-order valence-corrected chi connectivity index (χ4v) is 3.91. The molecule has 0 aliphatic heterocycles. The van der Waals surface area contributed by atoms with E-state index in [0.29, 0.717) is 11.7 Å². The molecule has 0 amide bonds. The van der Waals surface area contributed by atoms with Crippen molar-refractivity contribution in [1.29, 1.82) is 0 Å². The van der Waals surface area contributed by atoms with Crippen LogP contribution < -0.4 is 10.0 Å². The van der Waals surface area contributed by atoms with Gasteiger partial charge in [-0.25, -0.2) is 8.42 Å². The minimum Gasteiger partial charge on any atom is -0.368 e. The Bertz CT molecular complexity index is 833. The lowest BCUT2D eigenvalue weighted by Crippen LogP contribution is -2.16. The van der Waals surface area contributed by atoms with Crippen molar-refractivity contribution in [1.82, 2.24) is 10.2 Å². The van der Waals surface area contributed by atoms with E-state index in [1.165, 1.54) is 12.0 Å². The van der Waals surface area contributed by atoms with Gasteiger partial charge in [0.15, 0.2) is 5.82 Å². The molecule has 3 rings (SSSR count). The number of fused-ring (bicyclic) bond motifs is 1. The van der Waals surface area contributed by atoms with Crippen molar-refractivity contribution < 1.29 is 8.42 Å². The van der Waals surface area contributed by atoms with E-state index in [1.54, 1.807) is 24.3 Å². The largest absolute Gasteiger partial charge is 0.368 e. The molecule has 0 unspecified atom stereocenters. The first-order valence-corrected chi connectivity index (χ1v) is 10.1. The maximum Gasteiger partial charge on any atom is 0.263 e. The summed E-state index contributed by atoms with van der Waals surface area (Å²) in [6.45, 7) is 4.98. The molecule has 0 fully saturated rings. The number of nitrogens with zero attached hydrogens (tertiary/aromatic N) is 2. The molecule has 1 heterocycles. The van der Waals surface area contributed by atoms with Gasteiger partial charge in [0.1, 0.15) is 5.82 Å². The zero-order valence-electron chi connectivity index (χ0n) is 14.6. The molecule has 7 heteroatoms. The molecule has 1 aromatic carbocycles. The van der Waals surface area contributed by atoms with E-state index in [1.807, 2.05) is 6.07 Å². The van der Waals surface area contributed by atoms with Gasteiger partial charge in [-0.15, -0.1) is 10.2 Å². The Morgan fingerprint density at radius 2 is 1.68 bits per heavy atom. The SMILES string of the molecule is CC(C)CNc1ccc(NS(=O)(=O)c2ccc3c(c2)CCCC3)nn1. The highest BCUT2D eigenvalue weighted by Crippen LogP contribution is 2.25. The Balaban J connectivity index is 1.73. The fourth-order valence-electron chi connectivity index (χ4n) is 2.86. The number of hydrogen-bond acceptors (Lipinski definition) is 5. The molecule has 6 nitrogen and oxygen atoms in total. The number of aryl methyl sites for hydroxylation is 2. The van der Waals surface area contributed by atoms with Crippen LogP contribution in [0.3, 0.4) is 0 Å². The second-order valence-corrected chi connectivity index (χ2v) is 8.50. The van der Waals surface area contributed by atoms with Gasteiger partial charge in [-0.1, -0.05) is 19.9 Å². The first kappa shape index (κ1) is 17.7. The first-order chi connectivity index (χ1) is 11.9. The number of anilines is 2. The van der Waals surface area contributed by atoms with Gasteiger partial charge in [0, 0.05) is 6.54 Å². The molecule has 0 atom stereocenters. The van der Waals surface area contributed by atoms with Crippen LogP contribution in [0.25, 0.3) is 0 Å². The summed E-state index contributed by atoms with van der Waals surface area (Å²) < 4.78 is 27.7. The van der Waals surface area contributed by atoms with Gasteiger partial charge in [0.2, 0.25) is 0 Å². The van der Waals surface area contributed by atoms with Gasteiger partial charge in [-0.2, -0.15) is 0 Å². The molecular weight excluding hydrogens is 336 g/mol. The van der Waals surface area contributed by atoms with E-state index in [4.69, 9.17) is 0 Å². The lowest BCUT2D eigenvalue weighted by Gasteiger charge is -2.16. The predicted molar refractivity (Wildman–Crippen MR) is 99.3 cm³/mol. The molecule has 1 aliphatic rings. The third-order valence-electron chi connectivity index (χ3n) is 4.23. The third kappa shape index (κ3) is 4.48. The zero-order chi connectivity index (χ0) is 17.9. The molecular formula is C18H24N4O2S. The van der Waals surface area contributed by atoms with Crippen LogP contribution >= 0.6 is 0 Å². The minimum absolute atomic E-state index is 0.216. The molecule has 25 heavy (non-hydrogen) atoms. The summed E-state index contributed by atoms with van der Waals surface area (Å²) in [5, 5.41) is 11.1. The Labute approximate surface area is 149 Å². The van der Waals surface area contributed by atoms with Crippen LogP contribution in [0.4, 0.5) is 11.6 Å². The summed E-state index contributed by atoms with van der Waals surface area (Å²) in [6, 6.07) is 8.71. The van der Waals surface area contributed by atoms with Crippen molar-refractivity contribution in [3.63, 3.8) is 0 Å². The molecule has 1 aliphatic carbocycles.